The van der Waals surface area contributed by atoms with Gasteiger partial charge in [-0.3, -0.25) is 0 Å². The first-order valence-corrected chi connectivity index (χ1v) is 4.30. The van der Waals surface area contributed by atoms with Gasteiger partial charge in [-0.1, -0.05) is 12.8 Å². The fourth-order valence-corrected chi connectivity index (χ4v) is 0.904. The monoisotopic (exact) mass is 160 g/mol. The van der Waals surface area contributed by atoms with Crippen LogP contribution in [0, 0.1) is 0 Å². The summed E-state index contributed by atoms with van der Waals surface area (Å²) in [5, 5.41) is 17.2. The van der Waals surface area contributed by atoms with Crippen molar-refractivity contribution in [3.05, 3.63) is 0 Å². The van der Waals surface area contributed by atoms with E-state index < -0.39 is 5.60 Å². The molecule has 2 heteroatoms. The summed E-state index contributed by atoms with van der Waals surface area (Å²) in [7, 11) is 0. The maximum Gasteiger partial charge on any atom is 0.0563 e. The Morgan fingerprint density at radius 2 is 1.36 bits per heavy atom. The van der Waals surface area contributed by atoms with Gasteiger partial charge in [-0.25, -0.2) is 0 Å². The first kappa shape index (κ1) is 10.9. The molecule has 2 N–H and O–H groups in total. The van der Waals surface area contributed by atoms with Gasteiger partial charge in [0.25, 0.3) is 0 Å². The summed E-state index contributed by atoms with van der Waals surface area (Å²) in [5.41, 5.74) is -0.500. The molecule has 1 rings (SSSR count). The lowest BCUT2D eigenvalue weighted by Crippen LogP contribution is -2.10. The molecule has 2 nitrogen and oxygen atoms in total. The molecule has 0 aromatic heterocycles. The number of aliphatic hydroxyl groups is 2. The Bertz CT molecular complexity index is 82.2. The summed E-state index contributed by atoms with van der Waals surface area (Å²) in [4.78, 5) is 0. The molecule has 0 bridgehead atoms. The van der Waals surface area contributed by atoms with E-state index in [1.807, 2.05) is 0 Å². The maximum atomic E-state index is 8.73. The topological polar surface area (TPSA) is 40.5 Å². The average molecular weight is 160 g/mol. The van der Waals surface area contributed by atoms with E-state index in [0.717, 1.165) is 12.8 Å². The van der Waals surface area contributed by atoms with E-state index in [1.54, 1.807) is 20.8 Å². The minimum absolute atomic E-state index is 0.0463. The average Bonchev–Trinajstić information content (AvgIpc) is 2.12. The molecule has 0 spiro atoms. The standard InChI is InChI=1S/C5H10O.C4H10O/c6-5-3-1-2-4-5;1-4(2,3)5/h5-6H,1-4H2;5H,1-3H3. The molecule has 68 valence electrons. The van der Waals surface area contributed by atoms with Crippen LogP contribution in [0.5, 0.6) is 0 Å². The van der Waals surface area contributed by atoms with Crippen LogP contribution in [-0.2, 0) is 0 Å². The van der Waals surface area contributed by atoms with Crippen molar-refractivity contribution in [1.29, 1.82) is 0 Å². The highest BCUT2D eigenvalue weighted by atomic mass is 16.3. The Morgan fingerprint density at radius 1 is 1.09 bits per heavy atom. The van der Waals surface area contributed by atoms with Crippen molar-refractivity contribution in [1.82, 2.24) is 0 Å². The Kier molecular flexibility index (Phi) is 4.69. The largest absolute Gasteiger partial charge is 0.393 e. The number of hydrogen-bond acceptors (Lipinski definition) is 2. The molecule has 1 aliphatic rings. The third kappa shape index (κ3) is 13.0. The van der Waals surface area contributed by atoms with E-state index in [0.29, 0.717) is 0 Å². The molecule has 0 heterocycles. The van der Waals surface area contributed by atoms with E-state index in [-0.39, 0.29) is 6.10 Å². The van der Waals surface area contributed by atoms with Gasteiger partial charge in [-0.2, -0.15) is 0 Å². The third-order valence-corrected chi connectivity index (χ3v) is 1.32. The Labute approximate surface area is 69.2 Å². The van der Waals surface area contributed by atoms with Gasteiger partial charge in [0.15, 0.2) is 0 Å². The van der Waals surface area contributed by atoms with Gasteiger partial charge in [0, 0.05) is 0 Å². The van der Waals surface area contributed by atoms with Gasteiger partial charge in [-0.05, 0) is 33.6 Å². The normalized spacial score (nSPS) is 19.4. The highest BCUT2D eigenvalue weighted by molar-refractivity contribution is 4.63. The second-order valence-corrected chi connectivity index (χ2v) is 4.11. The van der Waals surface area contributed by atoms with Crippen molar-refractivity contribution >= 4 is 0 Å². The summed E-state index contributed by atoms with van der Waals surface area (Å²) in [6.07, 6.45) is 4.60. The van der Waals surface area contributed by atoms with Crippen molar-refractivity contribution in [2.45, 2.75) is 58.2 Å². The minimum atomic E-state index is -0.500. The summed E-state index contributed by atoms with van der Waals surface area (Å²) in [5.74, 6) is 0. The molecule has 11 heavy (non-hydrogen) atoms. The van der Waals surface area contributed by atoms with E-state index in [9.17, 15) is 0 Å². The van der Waals surface area contributed by atoms with Crippen LogP contribution >= 0.6 is 0 Å². The van der Waals surface area contributed by atoms with Gasteiger partial charge < -0.3 is 10.2 Å². The zero-order valence-corrected chi connectivity index (χ0v) is 7.80. The van der Waals surface area contributed by atoms with E-state index in [1.165, 1.54) is 12.8 Å². The molecule has 1 aliphatic carbocycles. The quantitative estimate of drug-likeness (QED) is 0.566. The van der Waals surface area contributed by atoms with Crippen molar-refractivity contribution in [2.24, 2.45) is 0 Å². The molecule has 1 fully saturated rings. The van der Waals surface area contributed by atoms with Crippen LogP contribution in [0.1, 0.15) is 46.5 Å². The molecular weight excluding hydrogens is 140 g/mol. The Morgan fingerprint density at radius 3 is 1.45 bits per heavy atom. The van der Waals surface area contributed by atoms with E-state index in [2.05, 4.69) is 0 Å². The molecule has 0 unspecified atom stereocenters. The lowest BCUT2D eigenvalue weighted by molar-refractivity contribution is 0.102. The van der Waals surface area contributed by atoms with Gasteiger partial charge in [0.05, 0.1) is 11.7 Å². The van der Waals surface area contributed by atoms with Gasteiger partial charge in [0.2, 0.25) is 0 Å². The lowest BCUT2D eigenvalue weighted by Gasteiger charge is -2.04. The summed E-state index contributed by atoms with van der Waals surface area (Å²) in [6, 6.07) is 0. The molecule has 0 amide bonds. The second kappa shape index (κ2) is 4.73. The van der Waals surface area contributed by atoms with Crippen molar-refractivity contribution in [2.75, 3.05) is 0 Å². The zero-order valence-electron chi connectivity index (χ0n) is 7.80. The Balaban J connectivity index is 0.000000187. The van der Waals surface area contributed by atoms with E-state index in [4.69, 9.17) is 10.2 Å². The van der Waals surface area contributed by atoms with Crippen LogP contribution in [0.25, 0.3) is 0 Å². The fourth-order valence-electron chi connectivity index (χ4n) is 0.904. The maximum absolute atomic E-state index is 8.73. The smallest absolute Gasteiger partial charge is 0.0563 e. The Hall–Kier alpha value is -0.0800. The molecule has 0 aromatic rings. The summed E-state index contributed by atoms with van der Waals surface area (Å²) < 4.78 is 0. The highest BCUT2D eigenvalue weighted by Crippen LogP contribution is 2.16. The molecular formula is C9H20O2. The van der Waals surface area contributed by atoms with Crippen LogP contribution in [0.15, 0.2) is 0 Å². The number of rotatable bonds is 0. The molecule has 0 aliphatic heterocycles. The fraction of sp³-hybridized carbons (Fsp3) is 1.00. The zero-order chi connectivity index (χ0) is 8.91. The molecule has 1 saturated carbocycles. The predicted octanol–water partition coefficient (Wildman–Crippen LogP) is 1.70. The molecule has 0 saturated heterocycles. The van der Waals surface area contributed by atoms with Crippen molar-refractivity contribution in [3.63, 3.8) is 0 Å². The minimum Gasteiger partial charge on any atom is -0.393 e. The van der Waals surface area contributed by atoms with E-state index >= 15 is 0 Å². The van der Waals surface area contributed by atoms with Crippen LogP contribution in [0.2, 0.25) is 0 Å². The van der Waals surface area contributed by atoms with Crippen LogP contribution in [0.4, 0.5) is 0 Å². The van der Waals surface area contributed by atoms with Crippen molar-refractivity contribution in [3.8, 4) is 0 Å². The lowest BCUT2D eigenvalue weighted by atomic mass is 10.2. The highest BCUT2D eigenvalue weighted by Gasteiger charge is 2.09. The molecule has 0 atom stereocenters. The first-order valence-electron chi connectivity index (χ1n) is 4.30. The predicted molar refractivity (Wildman–Crippen MR) is 46.4 cm³/mol. The van der Waals surface area contributed by atoms with Crippen molar-refractivity contribution < 1.29 is 10.2 Å². The van der Waals surface area contributed by atoms with Crippen LogP contribution < -0.4 is 0 Å². The SMILES string of the molecule is CC(C)(C)O.OC1CCCC1. The van der Waals surface area contributed by atoms with Crippen LogP contribution in [0.3, 0.4) is 0 Å². The number of hydrogen-bond donors (Lipinski definition) is 2. The van der Waals surface area contributed by atoms with Crippen LogP contribution in [-0.4, -0.2) is 21.9 Å². The van der Waals surface area contributed by atoms with Gasteiger partial charge >= 0.3 is 0 Å². The molecule has 0 aromatic carbocycles. The van der Waals surface area contributed by atoms with Gasteiger partial charge in [0.1, 0.15) is 0 Å². The summed E-state index contributed by atoms with van der Waals surface area (Å²) in [6.45, 7) is 5.23. The first-order chi connectivity index (χ1) is 4.89. The number of aliphatic hydroxyl groups excluding tert-OH is 1. The third-order valence-electron chi connectivity index (χ3n) is 1.32. The molecule has 0 radical (unpaired) electrons. The van der Waals surface area contributed by atoms with Gasteiger partial charge in [-0.15, -0.1) is 0 Å². The second-order valence-electron chi connectivity index (χ2n) is 4.11. The summed E-state index contributed by atoms with van der Waals surface area (Å²) >= 11 is 0.